The first kappa shape index (κ1) is 17.4. The summed E-state index contributed by atoms with van der Waals surface area (Å²) in [7, 11) is 0. The molecule has 1 aliphatic carbocycles. The van der Waals surface area contributed by atoms with Crippen molar-refractivity contribution in [1.29, 1.82) is 0 Å². The molecule has 0 N–H and O–H groups in total. The summed E-state index contributed by atoms with van der Waals surface area (Å²) in [5.41, 5.74) is 0. The van der Waals surface area contributed by atoms with E-state index in [9.17, 15) is 0 Å². The SMILES string of the molecule is C=CCC(C)COCCC(C)CC1CCC1.C=O. The highest BCUT2D eigenvalue weighted by Gasteiger charge is 2.19. The van der Waals surface area contributed by atoms with Crippen LogP contribution < -0.4 is 0 Å². The first-order chi connectivity index (χ1) is 8.72. The molecule has 1 fully saturated rings. The zero-order chi connectivity index (χ0) is 13.8. The Bertz CT molecular complexity index is 199. The largest absolute Gasteiger partial charge is 0.381 e. The van der Waals surface area contributed by atoms with Crippen molar-refractivity contribution in [3.63, 3.8) is 0 Å². The summed E-state index contributed by atoms with van der Waals surface area (Å²) < 4.78 is 5.70. The Labute approximate surface area is 113 Å². The molecule has 2 heteroatoms. The zero-order valence-electron chi connectivity index (χ0n) is 12.2. The third-order valence-electron chi connectivity index (χ3n) is 3.69. The van der Waals surface area contributed by atoms with Crippen molar-refractivity contribution in [2.75, 3.05) is 13.2 Å². The maximum Gasteiger partial charge on any atom is 0.106 e. The summed E-state index contributed by atoms with van der Waals surface area (Å²) in [4.78, 5) is 8.00. The number of ether oxygens (including phenoxy) is 1. The van der Waals surface area contributed by atoms with E-state index < -0.39 is 0 Å². The Kier molecular flexibility index (Phi) is 11.1. The number of allylic oxidation sites excluding steroid dienone is 1. The molecule has 0 spiro atoms. The van der Waals surface area contributed by atoms with Crippen LogP contribution in [0.5, 0.6) is 0 Å². The molecule has 106 valence electrons. The maximum atomic E-state index is 8.00. The highest BCUT2D eigenvalue weighted by molar-refractivity contribution is 5.10. The summed E-state index contributed by atoms with van der Waals surface area (Å²) in [6, 6.07) is 0. The van der Waals surface area contributed by atoms with E-state index in [1.54, 1.807) is 0 Å². The molecule has 1 aliphatic rings. The van der Waals surface area contributed by atoms with Crippen molar-refractivity contribution in [2.24, 2.45) is 17.8 Å². The van der Waals surface area contributed by atoms with Crippen LogP contribution in [0.25, 0.3) is 0 Å². The topological polar surface area (TPSA) is 26.3 Å². The molecule has 1 rings (SSSR count). The predicted octanol–water partition coefficient (Wildman–Crippen LogP) is 4.25. The fraction of sp³-hybridized carbons (Fsp3) is 0.812. The van der Waals surface area contributed by atoms with Crippen LogP contribution in [0.3, 0.4) is 0 Å². The minimum absolute atomic E-state index is 0.624. The van der Waals surface area contributed by atoms with Crippen molar-refractivity contribution >= 4 is 6.79 Å². The Morgan fingerprint density at radius 3 is 2.44 bits per heavy atom. The van der Waals surface area contributed by atoms with Crippen LogP contribution in [0.1, 0.15) is 52.4 Å². The van der Waals surface area contributed by atoms with E-state index in [-0.39, 0.29) is 0 Å². The number of hydrogen-bond acceptors (Lipinski definition) is 2. The lowest BCUT2D eigenvalue weighted by atomic mass is 9.79. The molecule has 2 atom stereocenters. The second kappa shape index (κ2) is 11.5. The molecule has 0 radical (unpaired) electrons. The molecule has 1 saturated carbocycles. The van der Waals surface area contributed by atoms with Gasteiger partial charge in [-0.25, -0.2) is 0 Å². The van der Waals surface area contributed by atoms with Crippen molar-refractivity contribution in [3.05, 3.63) is 12.7 Å². The van der Waals surface area contributed by atoms with Gasteiger partial charge in [0.15, 0.2) is 0 Å². The summed E-state index contributed by atoms with van der Waals surface area (Å²) in [5, 5.41) is 0. The fourth-order valence-corrected chi connectivity index (χ4v) is 2.34. The van der Waals surface area contributed by atoms with E-state index in [1.165, 1.54) is 32.1 Å². The van der Waals surface area contributed by atoms with Gasteiger partial charge in [0.25, 0.3) is 0 Å². The highest BCUT2D eigenvalue weighted by atomic mass is 16.5. The summed E-state index contributed by atoms with van der Waals surface area (Å²) in [6.45, 7) is 12.2. The summed E-state index contributed by atoms with van der Waals surface area (Å²) >= 11 is 0. The molecule has 0 heterocycles. The van der Waals surface area contributed by atoms with E-state index in [1.807, 2.05) is 12.9 Å². The molecule has 0 aromatic rings. The van der Waals surface area contributed by atoms with Gasteiger partial charge in [0.1, 0.15) is 6.79 Å². The zero-order valence-corrected chi connectivity index (χ0v) is 12.2. The predicted molar refractivity (Wildman–Crippen MR) is 77.7 cm³/mol. The summed E-state index contributed by atoms with van der Waals surface area (Å²) in [5.74, 6) is 2.51. The normalized spacial score (nSPS) is 18.1. The summed E-state index contributed by atoms with van der Waals surface area (Å²) in [6.07, 6.45) is 10.1. The van der Waals surface area contributed by atoms with Gasteiger partial charge in [-0.05, 0) is 37.0 Å². The van der Waals surface area contributed by atoms with E-state index in [4.69, 9.17) is 9.53 Å². The van der Waals surface area contributed by atoms with Crippen LogP contribution in [0, 0.1) is 17.8 Å². The van der Waals surface area contributed by atoms with Crippen molar-refractivity contribution in [1.82, 2.24) is 0 Å². The lowest BCUT2D eigenvalue weighted by molar-refractivity contribution is -0.0979. The lowest BCUT2D eigenvalue weighted by Crippen LogP contribution is -2.16. The van der Waals surface area contributed by atoms with E-state index >= 15 is 0 Å². The van der Waals surface area contributed by atoms with Crippen LogP contribution in [-0.4, -0.2) is 20.0 Å². The van der Waals surface area contributed by atoms with Gasteiger partial charge in [-0.1, -0.05) is 39.2 Å². The van der Waals surface area contributed by atoms with Crippen LogP contribution in [0.15, 0.2) is 12.7 Å². The molecular weight excluding hydrogens is 224 g/mol. The average Bonchev–Trinajstić information content (AvgIpc) is 2.32. The first-order valence-electron chi connectivity index (χ1n) is 7.19. The lowest BCUT2D eigenvalue weighted by Gasteiger charge is -2.28. The van der Waals surface area contributed by atoms with E-state index in [0.717, 1.165) is 31.5 Å². The number of rotatable bonds is 9. The van der Waals surface area contributed by atoms with Gasteiger partial charge in [0.05, 0.1) is 0 Å². The smallest absolute Gasteiger partial charge is 0.106 e. The Balaban J connectivity index is 0.00000137. The van der Waals surface area contributed by atoms with Crippen LogP contribution in [0.4, 0.5) is 0 Å². The molecular formula is C16H30O2. The Morgan fingerprint density at radius 2 is 1.94 bits per heavy atom. The third kappa shape index (κ3) is 8.46. The van der Waals surface area contributed by atoms with Crippen molar-refractivity contribution < 1.29 is 9.53 Å². The van der Waals surface area contributed by atoms with Crippen LogP contribution >= 0.6 is 0 Å². The standard InChI is InChI=1S/C15H28O.CH2O/c1-4-6-14(3)12-16-10-9-13(2)11-15-7-5-8-15;1-2/h4,13-15H,1,5-12H2,2-3H3;1H2. The minimum atomic E-state index is 0.624. The molecule has 2 unspecified atom stereocenters. The molecule has 2 nitrogen and oxygen atoms in total. The van der Waals surface area contributed by atoms with Crippen molar-refractivity contribution in [3.8, 4) is 0 Å². The van der Waals surface area contributed by atoms with Gasteiger partial charge in [0, 0.05) is 13.2 Å². The van der Waals surface area contributed by atoms with Gasteiger partial charge in [0.2, 0.25) is 0 Å². The molecule has 18 heavy (non-hydrogen) atoms. The highest BCUT2D eigenvalue weighted by Crippen LogP contribution is 2.32. The molecule has 0 aromatic carbocycles. The first-order valence-corrected chi connectivity index (χ1v) is 7.19. The minimum Gasteiger partial charge on any atom is -0.381 e. The van der Waals surface area contributed by atoms with Gasteiger partial charge in [-0.3, -0.25) is 0 Å². The number of carbonyl (C=O) groups excluding carboxylic acids is 1. The van der Waals surface area contributed by atoms with Gasteiger partial charge >= 0.3 is 0 Å². The van der Waals surface area contributed by atoms with Crippen molar-refractivity contribution in [2.45, 2.75) is 52.4 Å². The quantitative estimate of drug-likeness (QED) is 0.454. The third-order valence-corrected chi connectivity index (χ3v) is 3.69. The monoisotopic (exact) mass is 254 g/mol. The van der Waals surface area contributed by atoms with Crippen LogP contribution in [-0.2, 0) is 9.53 Å². The second-order valence-corrected chi connectivity index (χ2v) is 5.63. The molecule has 0 saturated heterocycles. The molecule has 0 aliphatic heterocycles. The van der Waals surface area contributed by atoms with Gasteiger partial charge < -0.3 is 9.53 Å². The number of carbonyl (C=O) groups is 1. The number of hydrogen-bond donors (Lipinski definition) is 0. The van der Waals surface area contributed by atoms with Gasteiger partial charge in [-0.15, -0.1) is 6.58 Å². The van der Waals surface area contributed by atoms with Crippen LogP contribution in [0.2, 0.25) is 0 Å². The van der Waals surface area contributed by atoms with Gasteiger partial charge in [-0.2, -0.15) is 0 Å². The Hall–Kier alpha value is -0.630. The second-order valence-electron chi connectivity index (χ2n) is 5.63. The molecule has 0 amide bonds. The molecule has 0 aromatic heterocycles. The van der Waals surface area contributed by atoms with E-state index in [0.29, 0.717) is 5.92 Å². The Morgan fingerprint density at radius 1 is 1.28 bits per heavy atom. The molecule has 0 bridgehead atoms. The maximum absolute atomic E-state index is 8.00. The van der Waals surface area contributed by atoms with E-state index in [2.05, 4.69) is 20.4 Å². The average molecular weight is 254 g/mol. The fourth-order valence-electron chi connectivity index (χ4n) is 2.34.